The van der Waals surface area contributed by atoms with Crippen molar-refractivity contribution in [2.24, 2.45) is 0 Å². The number of likely N-dealkylation sites (tertiary alicyclic amines) is 1. The molecule has 1 aromatic heterocycles. The number of methoxy groups -OCH3 is 1. The highest BCUT2D eigenvalue weighted by atomic mass is 35.5. The third-order valence-corrected chi connectivity index (χ3v) is 4.53. The zero-order chi connectivity index (χ0) is 16.9. The summed E-state index contributed by atoms with van der Waals surface area (Å²) in [5, 5.41) is 4.51. The van der Waals surface area contributed by atoms with Gasteiger partial charge in [0, 0.05) is 18.7 Å². The molecular formula is C17H20ClN3O3. The lowest BCUT2D eigenvalue weighted by Crippen LogP contribution is -2.39. The van der Waals surface area contributed by atoms with Crippen LogP contribution < -0.4 is 0 Å². The van der Waals surface area contributed by atoms with Crippen molar-refractivity contribution < 1.29 is 14.1 Å². The minimum absolute atomic E-state index is 0.0271. The molecule has 1 aliphatic heterocycles. The minimum atomic E-state index is -0.174. The molecule has 0 aliphatic carbocycles. The Hall–Kier alpha value is -1.92. The third kappa shape index (κ3) is 3.76. The van der Waals surface area contributed by atoms with Crippen molar-refractivity contribution in [3.8, 4) is 0 Å². The van der Waals surface area contributed by atoms with Crippen molar-refractivity contribution in [2.45, 2.75) is 38.3 Å². The second kappa shape index (κ2) is 7.77. The summed E-state index contributed by atoms with van der Waals surface area (Å²) in [7, 11) is 1.58. The number of rotatable bonds is 5. The minimum Gasteiger partial charge on any atom is -0.377 e. The number of carbonyl (C=O) groups is 1. The van der Waals surface area contributed by atoms with Crippen molar-refractivity contribution in [3.63, 3.8) is 0 Å². The quantitative estimate of drug-likeness (QED) is 0.829. The number of ether oxygens (including phenoxy) is 1. The Kier molecular flexibility index (Phi) is 5.48. The van der Waals surface area contributed by atoms with Crippen molar-refractivity contribution in [2.75, 3.05) is 13.7 Å². The number of benzene rings is 1. The molecule has 1 atom stereocenters. The number of carbonyl (C=O) groups excluding carboxylic acids is 1. The predicted octanol–water partition coefficient (Wildman–Crippen LogP) is 3.17. The number of hydrogen-bond donors (Lipinski definition) is 0. The molecule has 1 fully saturated rings. The molecule has 1 amide bonds. The SMILES string of the molecule is COCc1noc([C@@H]2CCCCN2C(=O)Cc2ccccc2Cl)n1. The normalized spacial score (nSPS) is 17.9. The standard InChI is InChI=1S/C17H20ClN3O3/c1-23-11-15-19-17(24-20-15)14-8-4-5-9-21(14)16(22)10-12-6-2-3-7-13(12)18/h2-3,6-7,14H,4-5,8-11H2,1H3/t14-/m0/s1. The average molecular weight is 350 g/mol. The first-order valence-corrected chi connectivity index (χ1v) is 8.41. The maximum Gasteiger partial charge on any atom is 0.249 e. The second-order valence-electron chi connectivity index (χ2n) is 5.85. The monoisotopic (exact) mass is 349 g/mol. The fourth-order valence-corrected chi connectivity index (χ4v) is 3.19. The Labute approximate surface area is 145 Å². The van der Waals surface area contributed by atoms with Gasteiger partial charge >= 0.3 is 0 Å². The van der Waals surface area contributed by atoms with Crippen LogP contribution in [0.1, 0.15) is 42.6 Å². The summed E-state index contributed by atoms with van der Waals surface area (Å²) >= 11 is 6.17. The summed E-state index contributed by atoms with van der Waals surface area (Å²) in [6, 6.07) is 7.24. The van der Waals surface area contributed by atoms with Gasteiger partial charge in [0.1, 0.15) is 12.6 Å². The average Bonchev–Trinajstić information content (AvgIpc) is 3.06. The summed E-state index contributed by atoms with van der Waals surface area (Å²) in [6.07, 6.45) is 3.10. The van der Waals surface area contributed by atoms with Crippen molar-refractivity contribution in [1.82, 2.24) is 15.0 Å². The van der Waals surface area contributed by atoms with Crippen LogP contribution in [0.5, 0.6) is 0 Å². The van der Waals surface area contributed by atoms with Gasteiger partial charge < -0.3 is 14.2 Å². The molecule has 24 heavy (non-hydrogen) atoms. The van der Waals surface area contributed by atoms with E-state index in [1.54, 1.807) is 13.2 Å². The Balaban J connectivity index is 1.76. The molecule has 1 saturated heterocycles. The van der Waals surface area contributed by atoms with E-state index in [2.05, 4.69) is 10.1 Å². The molecule has 0 spiro atoms. The fraction of sp³-hybridized carbons (Fsp3) is 0.471. The van der Waals surface area contributed by atoms with Crippen LogP contribution in [0, 0.1) is 0 Å². The second-order valence-corrected chi connectivity index (χ2v) is 6.26. The van der Waals surface area contributed by atoms with Crippen LogP contribution in [-0.2, 0) is 22.6 Å². The summed E-state index contributed by atoms with van der Waals surface area (Å²) in [5.41, 5.74) is 0.832. The third-order valence-electron chi connectivity index (χ3n) is 4.16. The van der Waals surface area contributed by atoms with E-state index in [9.17, 15) is 4.79 Å². The van der Waals surface area contributed by atoms with Crippen LogP contribution in [0.2, 0.25) is 5.02 Å². The molecule has 0 unspecified atom stereocenters. The molecular weight excluding hydrogens is 330 g/mol. The zero-order valence-corrected chi connectivity index (χ0v) is 14.3. The maximum absolute atomic E-state index is 12.8. The highest BCUT2D eigenvalue weighted by Crippen LogP contribution is 2.31. The molecule has 1 aromatic carbocycles. The van der Waals surface area contributed by atoms with E-state index in [-0.39, 0.29) is 18.4 Å². The van der Waals surface area contributed by atoms with Gasteiger partial charge in [-0.25, -0.2) is 0 Å². The lowest BCUT2D eigenvalue weighted by molar-refractivity contribution is -0.135. The molecule has 0 bridgehead atoms. The molecule has 6 nitrogen and oxygen atoms in total. The van der Waals surface area contributed by atoms with E-state index in [1.807, 2.05) is 23.1 Å². The van der Waals surface area contributed by atoms with Crippen LogP contribution >= 0.6 is 11.6 Å². The van der Waals surface area contributed by atoms with Gasteiger partial charge in [0.2, 0.25) is 11.8 Å². The van der Waals surface area contributed by atoms with Crippen LogP contribution in [0.25, 0.3) is 0 Å². The van der Waals surface area contributed by atoms with E-state index >= 15 is 0 Å². The molecule has 1 aliphatic rings. The van der Waals surface area contributed by atoms with Gasteiger partial charge in [-0.1, -0.05) is 35.0 Å². The van der Waals surface area contributed by atoms with Crippen molar-refractivity contribution in [3.05, 3.63) is 46.6 Å². The molecule has 3 rings (SSSR count). The zero-order valence-electron chi connectivity index (χ0n) is 13.6. The highest BCUT2D eigenvalue weighted by molar-refractivity contribution is 6.31. The maximum atomic E-state index is 12.8. The van der Waals surface area contributed by atoms with Crippen molar-refractivity contribution >= 4 is 17.5 Å². The largest absolute Gasteiger partial charge is 0.377 e. The predicted molar refractivity (Wildman–Crippen MR) is 88.5 cm³/mol. The summed E-state index contributed by atoms with van der Waals surface area (Å²) < 4.78 is 10.4. The van der Waals surface area contributed by atoms with Crippen molar-refractivity contribution in [1.29, 1.82) is 0 Å². The molecule has 0 N–H and O–H groups in total. The Morgan fingerprint density at radius 2 is 2.25 bits per heavy atom. The lowest BCUT2D eigenvalue weighted by atomic mass is 10.0. The van der Waals surface area contributed by atoms with Crippen LogP contribution in [0.3, 0.4) is 0 Å². The first-order chi connectivity index (χ1) is 11.7. The van der Waals surface area contributed by atoms with Crippen LogP contribution in [0.15, 0.2) is 28.8 Å². The van der Waals surface area contributed by atoms with Gasteiger partial charge in [-0.3, -0.25) is 4.79 Å². The van der Waals surface area contributed by atoms with Gasteiger partial charge in [-0.05, 0) is 30.9 Å². The lowest BCUT2D eigenvalue weighted by Gasteiger charge is -2.33. The van der Waals surface area contributed by atoms with Crippen LogP contribution in [0.4, 0.5) is 0 Å². The smallest absolute Gasteiger partial charge is 0.249 e. The molecule has 7 heteroatoms. The van der Waals surface area contributed by atoms with E-state index in [4.69, 9.17) is 20.9 Å². The van der Waals surface area contributed by atoms with E-state index < -0.39 is 0 Å². The van der Waals surface area contributed by atoms with Gasteiger partial charge in [0.05, 0.1) is 6.42 Å². The van der Waals surface area contributed by atoms with Gasteiger partial charge in [0.15, 0.2) is 5.82 Å². The molecule has 0 radical (unpaired) electrons. The topological polar surface area (TPSA) is 68.5 Å². The van der Waals surface area contributed by atoms with E-state index in [1.165, 1.54) is 0 Å². The number of aromatic nitrogens is 2. The highest BCUT2D eigenvalue weighted by Gasteiger charge is 2.32. The summed E-state index contributed by atoms with van der Waals surface area (Å²) in [6.45, 7) is 0.986. The number of hydrogen-bond acceptors (Lipinski definition) is 5. The van der Waals surface area contributed by atoms with Gasteiger partial charge in [-0.2, -0.15) is 4.98 Å². The molecule has 0 saturated carbocycles. The van der Waals surface area contributed by atoms with Crippen LogP contribution in [-0.4, -0.2) is 34.6 Å². The Morgan fingerprint density at radius 1 is 1.42 bits per heavy atom. The Morgan fingerprint density at radius 3 is 3.04 bits per heavy atom. The fourth-order valence-electron chi connectivity index (χ4n) is 2.98. The molecule has 2 heterocycles. The number of halogens is 1. The Bertz CT molecular complexity index is 704. The molecule has 2 aromatic rings. The van der Waals surface area contributed by atoms with Gasteiger partial charge in [0.25, 0.3) is 0 Å². The van der Waals surface area contributed by atoms with E-state index in [0.29, 0.717) is 29.9 Å². The first-order valence-electron chi connectivity index (χ1n) is 8.03. The van der Waals surface area contributed by atoms with Gasteiger partial charge in [-0.15, -0.1) is 0 Å². The number of nitrogens with zero attached hydrogens (tertiary/aromatic N) is 3. The van der Waals surface area contributed by atoms with E-state index in [0.717, 1.165) is 24.8 Å². The number of piperidine rings is 1. The summed E-state index contributed by atoms with van der Waals surface area (Å²) in [4.78, 5) is 19.0. The summed E-state index contributed by atoms with van der Waals surface area (Å²) in [5.74, 6) is 1.00. The number of amides is 1. The first kappa shape index (κ1) is 16.9. The molecule has 128 valence electrons.